The van der Waals surface area contributed by atoms with Crippen molar-refractivity contribution in [2.24, 2.45) is 0 Å². The summed E-state index contributed by atoms with van der Waals surface area (Å²) < 4.78 is 5.28. The first-order chi connectivity index (χ1) is 9.24. The summed E-state index contributed by atoms with van der Waals surface area (Å²) in [6.45, 7) is 1.01. The Morgan fingerprint density at radius 1 is 1.58 bits per heavy atom. The fraction of sp³-hybridized carbons (Fsp3) is 0.417. The molecule has 7 heteroatoms. The molecule has 0 spiro atoms. The number of aromatic nitrogens is 2. The zero-order chi connectivity index (χ0) is 13.2. The van der Waals surface area contributed by atoms with E-state index in [1.165, 1.54) is 4.90 Å². The van der Waals surface area contributed by atoms with Crippen molar-refractivity contribution in [1.82, 2.24) is 15.0 Å². The number of carboxylic acid groups (broad SMARTS) is 1. The molecule has 0 bridgehead atoms. The highest BCUT2D eigenvalue weighted by atomic mass is 32.1. The SMILES string of the molecule is O=C(O)N1CCCC(c2nc(-c3cccs3)no2)C1. The quantitative estimate of drug-likeness (QED) is 0.914. The van der Waals surface area contributed by atoms with Gasteiger partial charge >= 0.3 is 6.09 Å². The molecule has 0 aromatic carbocycles. The van der Waals surface area contributed by atoms with Crippen LogP contribution in [0.5, 0.6) is 0 Å². The molecule has 1 unspecified atom stereocenters. The number of nitrogens with zero attached hydrogens (tertiary/aromatic N) is 3. The minimum atomic E-state index is -0.886. The number of thiophene rings is 1. The van der Waals surface area contributed by atoms with Gasteiger partial charge in [-0.15, -0.1) is 11.3 Å². The average Bonchev–Trinajstić information content (AvgIpc) is 3.09. The van der Waals surface area contributed by atoms with Crippen LogP contribution < -0.4 is 0 Å². The molecule has 3 rings (SSSR count). The second-order valence-corrected chi connectivity index (χ2v) is 5.45. The molecule has 1 aliphatic heterocycles. The molecule has 3 heterocycles. The highest BCUT2D eigenvalue weighted by molar-refractivity contribution is 7.13. The predicted molar refractivity (Wildman–Crippen MR) is 69.2 cm³/mol. The molecule has 0 saturated carbocycles. The van der Waals surface area contributed by atoms with E-state index in [0.29, 0.717) is 24.8 Å². The van der Waals surface area contributed by atoms with Gasteiger partial charge in [0.25, 0.3) is 0 Å². The van der Waals surface area contributed by atoms with Crippen molar-refractivity contribution in [3.63, 3.8) is 0 Å². The van der Waals surface area contributed by atoms with Crippen LogP contribution in [0.3, 0.4) is 0 Å². The largest absolute Gasteiger partial charge is 0.465 e. The van der Waals surface area contributed by atoms with Gasteiger partial charge in [0, 0.05) is 13.1 Å². The van der Waals surface area contributed by atoms with Crippen molar-refractivity contribution in [3.05, 3.63) is 23.4 Å². The summed E-state index contributed by atoms with van der Waals surface area (Å²) in [6.07, 6.45) is 0.825. The van der Waals surface area contributed by atoms with Crippen LogP contribution in [0.25, 0.3) is 10.7 Å². The molecule has 1 N–H and O–H groups in total. The lowest BCUT2D eigenvalue weighted by Crippen LogP contribution is -2.38. The van der Waals surface area contributed by atoms with Gasteiger partial charge in [-0.3, -0.25) is 0 Å². The third-order valence-corrected chi connectivity index (χ3v) is 4.09. The Morgan fingerprint density at radius 3 is 3.21 bits per heavy atom. The first kappa shape index (κ1) is 12.2. The number of rotatable bonds is 2. The van der Waals surface area contributed by atoms with Gasteiger partial charge in [0.15, 0.2) is 0 Å². The lowest BCUT2D eigenvalue weighted by atomic mass is 9.98. The zero-order valence-electron chi connectivity index (χ0n) is 10.2. The number of amides is 1. The van der Waals surface area contributed by atoms with Crippen molar-refractivity contribution in [3.8, 4) is 10.7 Å². The smallest absolute Gasteiger partial charge is 0.407 e. The Kier molecular flexibility index (Phi) is 3.20. The van der Waals surface area contributed by atoms with Gasteiger partial charge in [0.05, 0.1) is 10.8 Å². The molecule has 1 saturated heterocycles. The van der Waals surface area contributed by atoms with Gasteiger partial charge in [-0.25, -0.2) is 4.79 Å². The molecule has 2 aromatic rings. The lowest BCUT2D eigenvalue weighted by molar-refractivity contribution is 0.126. The van der Waals surface area contributed by atoms with Gasteiger partial charge < -0.3 is 14.5 Å². The molecule has 1 fully saturated rings. The van der Waals surface area contributed by atoms with E-state index in [0.717, 1.165) is 17.7 Å². The van der Waals surface area contributed by atoms with E-state index in [-0.39, 0.29) is 5.92 Å². The van der Waals surface area contributed by atoms with E-state index in [1.807, 2.05) is 17.5 Å². The normalized spacial score (nSPS) is 19.6. The molecule has 19 heavy (non-hydrogen) atoms. The van der Waals surface area contributed by atoms with Crippen LogP contribution >= 0.6 is 11.3 Å². The second-order valence-electron chi connectivity index (χ2n) is 4.50. The highest BCUT2D eigenvalue weighted by Crippen LogP contribution is 2.28. The monoisotopic (exact) mass is 279 g/mol. The van der Waals surface area contributed by atoms with Gasteiger partial charge in [-0.1, -0.05) is 11.2 Å². The van der Waals surface area contributed by atoms with Gasteiger partial charge in [-0.05, 0) is 24.3 Å². The summed E-state index contributed by atoms with van der Waals surface area (Å²) in [7, 11) is 0. The third-order valence-electron chi connectivity index (χ3n) is 3.22. The lowest BCUT2D eigenvalue weighted by Gasteiger charge is -2.28. The van der Waals surface area contributed by atoms with E-state index in [9.17, 15) is 4.79 Å². The van der Waals surface area contributed by atoms with Crippen LogP contribution in [0, 0.1) is 0 Å². The minimum absolute atomic E-state index is 0.00561. The Hall–Kier alpha value is -1.89. The van der Waals surface area contributed by atoms with E-state index in [2.05, 4.69) is 10.1 Å². The fourth-order valence-electron chi connectivity index (χ4n) is 2.26. The molecule has 1 aliphatic rings. The topological polar surface area (TPSA) is 79.5 Å². The average molecular weight is 279 g/mol. The maximum absolute atomic E-state index is 11.0. The van der Waals surface area contributed by atoms with Crippen LogP contribution in [0.2, 0.25) is 0 Å². The zero-order valence-corrected chi connectivity index (χ0v) is 11.0. The standard InChI is InChI=1S/C12H13N3O3S/c16-12(17)15-5-1-3-8(7-15)11-13-10(14-18-11)9-4-2-6-19-9/h2,4,6,8H,1,3,5,7H2,(H,16,17). The predicted octanol–water partition coefficient (Wildman–Crippen LogP) is 2.66. The molecule has 0 radical (unpaired) electrons. The van der Waals surface area contributed by atoms with E-state index >= 15 is 0 Å². The second kappa shape index (κ2) is 5.00. The van der Waals surface area contributed by atoms with Crippen molar-refractivity contribution < 1.29 is 14.4 Å². The Labute approximate surface area is 113 Å². The maximum Gasteiger partial charge on any atom is 0.407 e. The molecular weight excluding hydrogens is 266 g/mol. The van der Waals surface area contributed by atoms with Gasteiger partial charge in [0.1, 0.15) is 0 Å². The van der Waals surface area contributed by atoms with E-state index < -0.39 is 6.09 Å². The first-order valence-electron chi connectivity index (χ1n) is 6.09. The van der Waals surface area contributed by atoms with Crippen molar-refractivity contribution in [1.29, 1.82) is 0 Å². The van der Waals surface area contributed by atoms with Crippen molar-refractivity contribution in [2.75, 3.05) is 13.1 Å². The number of carbonyl (C=O) groups is 1. The highest BCUT2D eigenvalue weighted by Gasteiger charge is 2.28. The van der Waals surface area contributed by atoms with Crippen molar-refractivity contribution in [2.45, 2.75) is 18.8 Å². The van der Waals surface area contributed by atoms with Crippen LogP contribution in [0.15, 0.2) is 22.0 Å². The molecule has 6 nitrogen and oxygen atoms in total. The molecule has 1 atom stereocenters. The minimum Gasteiger partial charge on any atom is -0.465 e. The number of hydrogen-bond acceptors (Lipinski definition) is 5. The number of likely N-dealkylation sites (tertiary alicyclic amines) is 1. The molecule has 100 valence electrons. The summed E-state index contributed by atoms with van der Waals surface area (Å²) in [5.41, 5.74) is 0. The summed E-state index contributed by atoms with van der Waals surface area (Å²) >= 11 is 1.55. The molecular formula is C12H13N3O3S. The summed E-state index contributed by atoms with van der Waals surface area (Å²) in [5, 5.41) is 14.9. The van der Waals surface area contributed by atoms with E-state index in [1.54, 1.807) is 11.3 Å². The Balaban J connectivity index is 1.77. The van der Waals surface area contributed by atoms with Crippen LogP contribution in [0.1, 0.15) is 24.7 Å². The summed E-state index contributed by atoms with van der Waals surface area (Å²) in [5.74, 6) is 1.12. The third kappa shape index (κ3) is 2.46. The summed E-state index contributed by atoms with van der Waals surface area (Å²) in [6, 6.07) is 3.87. The number of piperidine rings is 1. The van der Waals surface area contributed by atoms with Crippen LogP contribution in [0.4, 0.5) is 4.79 Å². The van der Waals surface area contributed by atoms with E-state index in [4.69, 9.17) is 9.63 Å². The summed E-state index contributed by atoms with van der Waals surface area (Å²) in [4.78, 5) is 17.7. The van der Waals surface area contributed by atoms with Gasteiger partial charge in [0.2, 0.25) is 11.7 Å². The van der Waals surface area contributed by atoms with Crippen molar-refractivity contribution >= 4 is 17.4 Å². The maximum atomic E-state index is 11.0. The van der Waals surface area contributed by atoms with Gasteiger partial charge in [-0.2, -0.15) is 4.98 Å². The number of hydrogen-bond donors (Lipinski definition) is 1. The fourth-order valence-corrected chi connectivity index (χ4v) is 2.91. The van der Waals surface area contributed by atoms with Crippen LogP contribution in [-0.4, -0.2) is 39.3 Å². The molecule has 2 aromatic heterocycles. The van der Waals surface area contributed by atoms with Crippen LogP contribution in [-0.2, 0) is 0 Å². The first-order valence-corrected chi connectivity index (χ1v) is 6.97. The molecule has 1 amide bonds. The Bertz CT molecular complexity index is 567. The molecule has 0 aliphatic carbocycles. The Morgan fingerprint density at radius 2 is 2.47 bits per heavy atom.